The van der Waals surface area contributed by atoms with Gasteiger partial charge in [-0.2, -0.15) is 0 Å². The van der Waals surface area contributed by atoms with E-state index in [0.29, 0.717) is 0 Å². The van der Waals surface area contributed by atoms with Crippen LogP contribution in [-0.2, 0) is 13.0 Å². The summed E-state index contributed by atoms with van der Waals surface area (Å²) in [5, 5.41) is 3.20. The molecule has 1 aliphatic rings. The molecule has 1 unspecified atom stereocenters. The molecule has 1 aromatic rings. The lowest BCUT2D eigenvalue weighted by Gasteiger charge is -2.18. The molecule has 2 rings (SSSR count). The first kappa shape index (κ1) is 14.5. The number of likely N-dealkylation sites (N-methyl/N-ethyl adjacent to an activating group) is 1. The lowest BCUT2D eigenvalue weighted by molar-refractivity contribution is 0.297. The molecule has 1 fully saturated rings. The Hall–Kier alpha value is -0.860. The summed E-state index contributed by atoms with van der Waals surface area (Å²) in [5.74, 6) is 1.73. The average molecular weight is 260 g/mol. The Labute approximate surface area is 118 Å². The van der Waals surface area contributed by atoms with E-state index in [4.69, 9.17) is 0 Å². The third kappa shape index (κ3) is 4.32. The van der Waals surface area contributed by atoms with Gasteiger partial charge in [-0.05, 0) is 55.9 Å². The number of rotatable bonds is 6. The number of benzene rings is 1. The predicted molar refractivity (Wildman–Crippen MR) is 82.3 cm³/mol. The lowest BCUT2D eigenvalue weighted by Crippen LogP contribution is -2.21. The molecule has 2 heteroatoms. The molecule has 0 spiro atoms. The van der Waals surface area contributed by atoms with Gasteiger partial charge < -0.3 is 5.32 Å². The van der Waals surface area contributed by atoms with E-state index in [0.717, 1.165) is 31.3 Å². The first-order chi connectivity index (χ1) is 9.19. The van der Waals surface area contributed by atoms with Crippen LogP contribution in [-0.4, -0.2) is 31.6 Å². The highest BCUT2D eigenvalue weighted by Gasteiger charge is 2.24. The van der Waals surface area contributed by atoms with Crippen molar-refractivity contribution in [2.45, 2.75) is 33.2 Å². The Morgan fingerprint density at radius 3 is 2.47 bits per heavy atom. The summed E-state index contributed by atoms with van der Waals surface area (Å²) < 4.78 is 0. The van der Waals surface area contributed by atoms with Gasteiger partial charge in [-0.1, -0.05) is 38.1 Å². The van der Waals surface area contributed by atoms with Crippen molar-refractivity contribution in [1.82, 2.24) is 10.2 Å². The summed E-state index contributed by atoms with van der Waals surface area (Å²) in [5.41, 5.74) is 2.89. The van der Waals surface area contributed by atoms with Gasteiger partial charge in [0, 0.05) is 13.1 Å². The van der Waals surface area contributed by atoms with Gasteiger partial charge in [-0.25, -0.2) is 0 Å². The number of likely N-dealkylation sites (tertiary alicyclic amines) is 1. The van der Waals surface area contributed by atoms with Gasteiger partial charge in [0.25, 0.3) is 0 Å². The maximum atomic E-state index is 3.20. The van der Waals surface area contributed by atoms with Gasteiger partial charge in [-0.3, -0.25) is 4.90 Å². The Balaban J connectivity index is 1.83. The zero-order chi connectivity index (χ0) is 13.7. The highest BCUT2D eigenvalue weighted by Crippen LogP contribution is 2.24. The van der Waals surface area contributed by atoms with E-state index in [2.05, 4.69) is 48.3 Å². The Kier molecular flexibility index (Phi) is 5.41. The van der Waals surface area contributed by atoms with Crippen molar-refractivity contribution in [2.24, 2.45) is 11.8 Å². The van der Waals surface area contributed by atoms with Crippen LogP contribution in [0, 0.1) is 11.8 Å². The smallest absolute Gasteiger partial charge is 0.0233 e. The Morgan fingerprint density at radius 2 is 1.89 bits per heavy atom. The van der Waals surface area contributed by atoms with Gasteiger partial charge in [0.1, 0.15) is 0 Å². The summed E-state index contributed by atoms with van der Waals surface area (Å²) in [6.07, 6.45) is 2.49. The van der Waals surface area contributed by atoms with Crippen molar-refractivity contribution < 1.29 is 0 Å². The lowest BCUT2D eigenvalue weighted by atomic mass is 9.95. The van der Waals surface area contributed by atoms with Gasteiger partial charge >= 0.3 is 0 Å². The third-order valence-corrected chi connectivity index (χ3v) is 4.34. The van der Waals surface area contributed by atoms with Gasteiger partial charge in [-0.15, -0.1) is 0 Å². The third-order valence-electron chi connectivity index (χ3n) is 4.34. The fourth-order valence-corrected chi connectivity index (χ4v) is 2.89. The standard InChI is InChI=1S/C17H28N2/c1-14(2)17-9-11-19(13-17)12-16-6-4-15(5-7-16)8-10-18-3/h4-7,14,17-18H,8-13H2,1-3H3. The fourth-order valence-electron chi connectivity index (χ4n) is 2.89. The van der Waals surface area contributed by atoms with E-state index in [1.807, 2.05) is 7.05 Å². The second-order valence-electron chi connectivity index (χ2n) is 6.20. The minimum Gasteiger partial charge on any atom is -0.319 e. The maximum Gasteiger partial charge on any atom is 0.0233 e. The molecule has 1 atom stereocenters. The van der Waals surface area contributed by atoms with Crippen LogP contribution < -0.4 is 5.32 Å². The van der Waals surface area contributed by atoms with E-state index in [9.17, 15) is 0 Å². The van der Waals surface area contributed by atoms with Gasteiger partial charge in [0.2, 0.25) is 0 Å². The molecule has 0 aromatic heterocycles. The normalized spacial score (nSPS) is 20.3. The van der Waals surface area contributed by atoms with Crippen LogP contribution in [0.1, 0.15) is 31.4 Å². The molecule has 19 heavy (non-hydrogen) atoms. The molecule has 0 aliphatic carbocycles. The molecule has 1 aliphatic heterocycles. The van der Waals surface area contributed by atoms with E-state index in [-0.39, 0.29) is 0 Å². The summed E-state index contributed by atoms with van der Waals surface area (Å²) in [4.78, 5) is 2.60. The minimum atomic E-state index is 0.828. The van der Waals surface area contributed by atoms with Crippen LogP contribution in [0.25, 0.3) is 0 Å². The highest BCUT2D eigenvalue weighted by atomic mass is 15.1. The zero-order valence-corrected chi connectivity index (χ0v) is 12.7. The summed E-state index contributed by atoms with van der Waals surface area (Å²) in [6, 6.07) is 9.16. The van der Waals surface area contributed by atoms with E-state index < -0.39 is 0 Å². The van der Waals surface area contributed by atoms with Gasteiger partial charge in [0.05, 0.1) is 0 Å². The molecule has 1 saturated heterocycles. The van der Waals surface area contributed by atoms with Crippen molar-refractivity contribution in [1.29, 1.82) is 0 Å². The molecular formula is C17H28N2. The molecule has 0 bridgehead atoms. The van der Waals surface area contributed by atoms with Crippen molar-refractivity contribution in [3.05, 3.63) is 35.4 Å². The molecule has 1 heterocycles. The number of nitrogens with one attached hydrogen (secondary N) is 1. The Bertz CT molecular complexity index is 369. The second kappa shape index (κ2) is 7.06. The molecule has 1 aromatic carbocycles. The first-order valence-corrected chi connectivity index (χ1v) is 7.64. The van der Waals surface area contributed by atoms with Crippen molar-refractivity contribution in [3.63, 3.8) is 0 Å². The van der Waals surface area contributed by atoms with Crippen LogP contribution in [0.3, 0.4) is 0 Å². The number of hydrogen-bond acceptors (Lipinski definition) is 2. The quantitative estimate of drug-likeness (QED) is 0.846. The monoisotopic (exact) mass is 260 g/mol. The van der Waals surface area contributed by atoms with E-state index in [1.54, 1.807) is 0 Å². The van der Waals surface area contributed by atoms with E-state index >= 15 is 0 Å². The second-order valence-corrected chi connectivity index (χ2v) is 6.20. The van der Waals surface area contributed by atoms with Crippen molar-refractivity contribution in [3.8, 4) is 0 Å². The summed E-state index contributed by atoms with van der Waals surface area (Å²) in [6.45, 7) is 9.43. The number of hydrogen-bond donors (Lipinski definition) is 1. The average Bonchev–Trinajstić information content (AvgIpc) is 2.87. The maximum absolute atomic E-state index is 3.20. The highest BCUT2D eigenvalue weighted by molar-refractivity contribution is 5.22. The van der Waals surface area contributed by atoms with Crippen LogP contribution in [0.15, 0.2) is 24.3 Å². The zero-order valence-electron chi connectivity index (χ0n) is 12.7. The first-order valence-electron chi connectivity index (χ1n) is 7.64. The topological polar surface area (TPSA) is 15.3 Å². The summed E-state index contributed by atoms with van der Waals surface area (Å²) in [7, 11) is 2.01. The fraction of sp³-hybridized carbons (Fsp3) is 0.647. The van der Waals surface area contributed by atoms with Crippen LogP contribution >= 0.6 is 0 Å². The van der Waals surface area contributed by atoms with Crippen molar-refractivity contribution >= 4 is 0 Å². The molecule has 106 valence electrons. The Morgan fingerprint density at radius 1 is 1.21 bits per heavy atom. The molecule has 2 nitrogen and oxygen atoms in total. The SMILES string of the molecule is CNCCc1ccc(CN2CCC(C(C)C)C2)cc1. The van der Waals surface area contributed by atoms with E-state index in [1.165, 1.54) is 30.6 Å². The van der Waals surface area contributed by atoms with Crippen LogP contribution in [0.2, 0.25) is 0 Å². The summed E-state index contributed by atoms with van der Waals surface area (Å²) >= 11 is 0. The van der Waals surface area contributed by atoms with Crippen molar-refractivity contribution in [2.75, 3.05) is 26.7 Å². The van der Waals surface area contributed by atoms with Gasteiger partial charge in [0.15, 0.2) is 0 Å². The molecule has 1 N–H and O–H groups in total. The molecule has 0 amide bonds. The minimum absolute atomic E-state index is 0.828. The largest absolute Gasteiger partial charge is 0.319 e. The number of nitrogens with zero attached hydrogens (tertiary/aromatic N) is 1. The molecular weight excluding hydrogens is 232 g/mol. The predicted octanol–water partition coefficient (Wildman–Crippen LogP) is 2.93. The molecule has 0 radical (unpaired) electrons. The van der Waals surface area contributed by atoms with Crippen LogP contribution in [0.4, 0.5) is 0 Å². The molecule has 0 saturated carbocycles. The van der Waals surface area contributed by atoms with Crippen LogP contribution in [0.5, 0.6) is 0 Å².